The maximum Gasteiger partial charge on any atom is 0.434 e. The Bertz CT molecular complexity index is 1680. The summed E-state index contributed by atoms with van der Waals surface area (Å²) in [5, 5.41) is 24.5. The zero-order chi connectivity index (χ0) is 29.4. The second-order valence-electron chi connectivity index (χ2n) is 8.60. The number of carbonyl (C=O) groups excluding carboxylic acids is 1. The van der Waals surface area contributed by atoms with Gasteiger partial charge < -0.3 is 20.1 Å². The molecule has 0 fully saturated rings. The van der Waals surface area contributed by atoms with Gasteiger partial charge in [0, 0.05) is 46.4 Å². The summed E-state index contributed by atoms with van der Waals surface area (Å²) in [6.45, 7) is 3.04. The topological polar surface area (TPSA) is 146 Å². The first kappa shape index (κ1) is 28.6. The SMILES string of the molecule is CCNC(=O)Nc1cc(-c2nc(C(F)(F)F)cs2)c(-c2cc3c(=O)c(C(=O)O)cn([C@@H](C)CO)c3cc2F)cn1. The molecule has 40 heavy (non-hydrogen) atoms. The average molecular weight is 580 g/mol. The van der Waals surface area contributed by atoms with Crippen molar-refractivity contribution in [2.45, 2.75) is 26.1 Å². The molecule has 0 aliphatic rings. The number of nitrogens with one attached hydrogen (secondary N) is 2. The van der Waals surface area contributed by atoms with Crippen LogP contribution in [0, 0.1) is 5.82 Å². The Morgan fingerprint density at radius 3 is 2.50 bits per heavy atom. The van der Waals surface area contributed by atoms with Crippen LogP contribution in [0.4, 0.5) is 28.2 Å². The van der Waals surface area contributed by atoms with E-state index in [1.165, 1.54) is 17.6 Å². The normalized spacial score (nSPS) is 12.4. The molecule has 15 heteroatoms. The Kier molecular flexibility index (Phi) is 7.88. The van der Waals surface area contributed by atoms with Crippen LogP contribution >= 0.6 is 11.3 Å². The summed E-state index contributed by atoms with van der Waals surface area (Å²) in [7, 11) is 0. The molecule has 0 saturated carbocycles. The number of carboxylic acids is 1. The molecule has 0 aliphatic heterocycles. The molecule has 10 nitrogen and oxygen atoms in total. The van der Waals surface area contributed by atoms with Gasteiger partial charge in [-0.2, -0.15) is 13.2 Å². The zero-order valence-corrected chi connectivity index (χ0v) is 21.7. The summed E-state index contributed by atoms with van der Waals surface area (Å²) in [5.74, 6) is -2.52. The predicted octanol–water partition coefficient (Wildman–Crippen LogP) is 4.74. The summed E-state index contributed by atoms with van der Waals surface area (Å²) in [6, 6.07) is 1.90. The lowest BCUT2D eigenvalue weighted by Crippen LogP contribution is -2.28. The summed E-state index contributed by atoms with van der Waals surface area (Å²) in [4.78, 5) is 44.5. The Labute approximate surface area is 226 Å². The van der Waals surface area contributed by atoms with Gasteiger partial charge in [-0.05, 0) is 32.0 Å². The Morgan fingerprint density at radius 2 is 1.90 bits per heavy atom. The highest BCUT2D eigenvalue weighted by Gasteiger charge is 2.34. The molecule has 2 amide bonds. The van der Waals surface area contributed by atoms with E-state index in [1.54, 1.807) is 6.92 Å². The zero-order valence-electron chi connectivity index (χ0n) is 20.8. The summed E-state index contributed by atoms with van der Waals surface area (Å²) in [6.07, 6.45) is -2.64. The van der Waals surface area contributed by atoms with Crippen LogP contribution in [-0.4, -0.2) is 49.9 Å². The third kappa shape index (κ3) is 5.51. The van der Waals surface area contributed by atoms with Crippen molar-refractivity contribution in [2.24, 2.45) is 0 Å². The van der Waals surface area contributed by atoms with Gasteiger partial charge in [-0.3, -0.25) is 10.1 Å². The molecule has 0 saturated heterocycles. The van der Waals surface area contributed by atoms with Crippen LogP contribution < -0.4 is 16.1 Å². The smallest absolute Gasteiger partial charge is 0.434 e. The van der Waals surface area contributed by atoms with Crippen LogP contribution in [0.1, 0.15) is 35.9 Å². The van der Waals surface area contributed by atoms with Crippen LogP contribution in [0.25, 0.3) is 32.6 Å². The number of benzene rings is 1. The number of aromatic nitrogens is 3. The summed E-state index contributed by atoms with van der Waals surface area (Å²) < 4.78 is 56.8. The number of anilines is 1. The first-order valence-electron chi connectivity index (χ1n) is 11.7. The van der Waals surface area contributed by atoms with Gasteiger partial charge in [-0.15, -0.1) is 11.3 Å². The van der Waals surface area contributed by atoms with E-state index in [9.17, 15) is 37.8 Å². The van der Waals surface area contributed by atoms with Gasteiger partial charge in [0.15, 0.2) is 5.69 Å². The summed E-state index contributed by atoms with van der Waals surface area (Å²) >= 11 is 0.624. The minimum atomic E-state index is -4.75. The minimum absolute atomic E-state index is 0.00422. The van der Waals surface area contributed by atoms with Gasteiger partial charge in [0.05, 0.1) is 18.2 Å². The monoisotopic (exact) mass is 579 g/mol. The number of halogens is 4. The van der Waals surface area contributed by atoms with Gasteiger partial charge in [-0.1, -0.05) is 0 Å². The molecule has 4 aromatic rings. The number of fused-ring (bicyclic) bond motifs is 1. The number of rotatable bonds is 7. The van der Waals surface area contributed by atoms with Crippen LogP contribution in [0.15, 0.2) is 40.8 Å². The number of urea groups is 1. The number of alkyl halides is 3. The van der Waals surface area contributed by atoms with Crippen molar-refractivity contribution in [3.05, 3.63) is 63.3 Å². The van der Waals surface area contributed by atoms with Gasteiger partial charge >= 0.3 is 18.2 Å². The predicted molar refractivity (Wildman–Crippen MR) is 139 cm³/mol. The van der Waals surface area contributed by atoms with Crippen LogP contribution in [0.5, 0.6) is 0 Å². The van der Waals surface area contributed by atoms with Crippen molar-refractivity contribution in [2.75, 3.05) is 18.5 Å². The molecule has 4 rings (SSSR count). The molecule has 1 aromatic carbocycles. The largest absolute Gasteiger partial charge is 0.477 e. The number of pyridine rings is 2. The quantitative estimate of drug-likeness (QED) is 0.231. The molecule has 0 spiro atoms. The van der Waals surface area contributed by atoms with Crippen LogP contribution in [0.2, 0.25) is 0 Å². The lowest BCUT2D eigenvalue weighted by Gasteiger charge is -2.19. The Morgan fingerprint density at radius 1 is 1.18 bits per heavy atom. The lowest BCUT2D eigenvalue weighted by molar-refractivity contribution is -0.140. The fourth-order valence-corrected chi connectivity index (χ4v) is 4.80. The van der Waals surface area contributed by atoms with E-state index in [2.05, 4.69) is 20.6 Å². The first-order valence-corrected chi connectivity index (χ1v) is 12.5. The standard InChI is InChI=1S/C25H21F4N5O5S/c1-3-30-24(39)33-20-5-13(22-32-19(10-40-22)25(27,28)29)15(7-31-20)12-4-14-18(6-17(12)26)34(11(2)9-35)8-16(21(14)36)23(37)38/h4-8,10-11,35H,3,9H2,1-2H3,(H,37,38)(H2,30,31,33,39)/t11-/m0/s1. The highest BCUT2D eigenvalue weighted by atomic mass is 32.1. The number of nitrogens with zero attached hydrogens (tertiary/aromatic N) is 3. The van der Waals surface area contributed by atoms with E-state index in [0.29, 0.717) is 11.3 Å². The van der Waals surface area contributed by atoms with Crippen molar-refractivity contribution in [3.8, 4) is 21.7 Å². The van der Waals surface area contributed by atoms with Crippen molar-refractivity contribution in [1.82, 2.24) is 19.9 Å². The van der Waals surface area contributed by atoms with Gasteiger partial charge in [0.25, 0.3) is 0 Å². The van der Waals surface area contributed by atoms with Crippen LogP contribution in [-0.2, 0) is 6.18 Å². The number of aromatic carboxylic acids is 1. The number of amides is 2. The van der Waals surface area contributed by atoms with E-state index in [1.807, 2.05) is 0 Å². The number of aliphatic hydroxyl groups is 1. The number of hydrogen-bond donors (Lipinski definition) is 4. The molecule has 3 heterocycles. The third-order valence-corrected chi connectivity index (χ3v) is 6.76. The van der Waals surface area contributed by atoms with Crippen LogP contribution in [0.3, 0.4) is 0 Å². The number of aliphatic hydroxyl groups excluding tert-OH is 1. The molecule has 0 radical (unpaired) electrons. The molecule has 3 aromatic heterocycles. The highest BCUT2D eigenvalue weighted by Crippen LogP contribution is 2.40. The maximum atomic E-state index is 15.6. The molecule has 4 N–H and O–H groups in total. The van der Waals surface area contributed by atoms with E-state index in [-0.39, 0.29) is 45.0 Å². The molecule has 0 unspecified atom stereocenters. The second-order valence-corrected chi connectivity index (χ2v) is 9.46. The van der Waals surface area contributed by atoms with Crippen molar-refractivity contribution < 1.29 is 37.4 Å². The number of hydrogen-bond acceptors (Lipinski definition) is 7. The molecular weight excluding hydrogens is 558 g/mol. The molecule has 210 valence electrons. The van der Waals surface area contributed by atoms with Gasteiger partial charge in [0.1, 0.15) is 22.2 Å². The lowest BCUT2D eigenvalue weighted by atomic mass is 9.98. The average Bonchev–Trinajstić information content (AvgIpc) is 3.39. The highest BCUT2D eigenvalue weighted by molar-refractivity contribution is 7.13. The number of carbonyl (C=O) groups is 2. The Hall–Kier alpha value is -4.37. The second kappa shape index (κ2) is 11.0. The Balaban J connectivity index is 2.00. The van der Waals surface area contributed by atoms with Crippen molar-refractivity contribution in [3.63, 3.8) is 0 Å². The third-order valence-electron chi connectivity index (χ3n) is 5.89. The van der Waals surface area contributed by atoms with Crippen molar-refractivity contribution in [1.29, 1.82) is 0 Å². The molecular formula is C25H21F4N5O5S. The molecule has 0 aliphatic carbocycles. The summed E-state index contributed by atoms with van der Waals surface area (Å²) in [5.41, 5.74) is -3.10. The van der Waals surface area contributed by atoms with Gasteiger partial charge in [0.2, 0.25) is 5.43 Å². The number of thiazole rings is 1. The van der Waals surface area contributed by atoms with E-state index in [0.717, 1.165) is 29.9 Å². The molecule has 0 bridgehead atoms. The van der Waals surface area contributed by atoms with Gasteiger partial charge in [-0.25, -0.2) is 23.9 Å². The number of carboxylic acid groups (broad SMARTS) is 1. The van der Waals surface area contributed by atoms with E-state index >= 15 is 4.39 Å². The van der Waals surface area contributed by atoms with E-state index < -0.39 is 53.3 Å². The first-order chi connectivity index (χ1) is 18.8. The van der Waals surface area contributed by atoms with Crippen molar-refractivity contribution >= 4 is 40.1 Å². The molecule has 1 atom stereocenters. The minimum Gasteiger partial charge on any atom is -0.477 e. The maximum absolute atomic E-state index is 15.6. The van der Waals surface area contributed by atoms with E-state index in [4.69, 9.17) is 0 Å². The fourth-order valence-electron chi connectivity index (χ4n) is 3.95. The fraction of sp³-hybridized carbons (Fsp3) is 0.240.